The maximum absolute atomic E-state index is 13.4. The predicted molar refractivity (Wildman–Crippen MR) is 133 cm³/mol. The van der Waals surface area contributed by atoms with Crippen LogP contribution in [0.5, 0.6) is 5.75 Å². The molecule has 1 fully saturated rings. The Labute approximate surface area is 203 Å². The van der Waals surface area contributed by atoms with E-state index < -0.39 is 0 Å². The summed E-state index contributed by atoms with van der Waals surface area (Å²) in [7, 11) is 1.64. The molecule has 7 nitrogen and oxygen atoms in total. The van der Waals surface area contributed by atoms with Crippen LogP contribution < -0.4 is 10.3 Å². The van der Waals surface area contributed by atoms with Crippen molar-refractivity contribution in [3.8, 4) is 5.75 Å². The zero-order valence-electron chi connectivity index (χ0n) is 19.6. The first kappa shape index (κ1) is 23.1. The van der Waals surface area contributed by atoms with Gasteiger partial charge in [-0.25, -0.2) is 4.98 Å². The summed E-state index contributed by atoms with van der Waals surface area (Å²) in [5, 5.41) is 0.764. The summed E-state index contributed by atoms with van der Waals surface area (Å²) in [4.78, 5) is 35.2. The normalized spacial score (nSPS) is 17.6. The van der Waals surface area contributed by atoms with E-state index in [1.807, 2.05) is 29.2 Å². The maximum atomic E-state index is 13.4. The molecule has 180 valence electrons. The Balaban J connectivity index is 1.34. The Morgan fingerprint density at radius 2 is 2.12 bits per heavy atom. The van der Waals surface area contributed by atoms with Gasteiger partial charge >= 0.3 is 0 Å². The Morgan fingerprint density at radius 1 is 1.26 bits per heavy atom. The van der Waals surface area contributed by atoms with E-state index in [-0.39, 0.29) is 24.0 Å². The van der Waals surface area contributed by atoms with E-state index in [9.17, 15) is 9.59 Å². The molecule has 34 heavy (non-hydrogen) atoms. The van der Waals surface area contributed by atoms with Crippen LogP contribution in [-0.2, 0) is 35.5 Å². The minimum atomic E-state index is -0.0207. The second-order valence-electron chi connectivity index (χ2n) is 9.11. The lowest BCUT2D eigenvalue weighted by atomic mass is 9.97. The topological polar surface area (TPSA) is 73.7 Å². The number of carbonyl (C=O) groups excluding carboxylic acids is 1. The number of amides is 1. The second kappa shape index (κ2) is 10.3. The standard InChI is InChI=1S/C26H31N3O4S/c1-32-21-10-4-2-7-18(21)15-29(16-19-8-6-14-33-19)23(30)12-13-28-17-27-25-24(26(28)31)20-9-3-5-11-22(20)34-25/h2,4,7,10,17,19H,3,5-6,8-9,11-16H2,1H3. The van der Waals surface area contributed by atoms with Crippen LogP contribution in [-0.4, -0.2) is 46.7 Å². The van der Waals surface area contributed by atoms with Crippen LogP contribution in [0.1, 0.15) is 48.1 Å². The number of fused-ring (bicyclic) bond motifs is 3. The zero-order chi connectivity index (χ0) is 23.5. The Kier molecular flexibility index (Phi) is 6.97. The molecule has 5 rings (SSSR count). The third kappa shape index (κ3) is 4.74. The molecule has 0 radical (unpaired) electrons. The first-order chi connectivity index (χ1) is 16.6. The van der Waals surface area contributed by atoms with Crippen LogP contribution in [0.4, 0.5) is 0 Å². The first-order valence-electron chi connectivity index (χ1n) is 12.1. The van der Waals surface area contributed by atoms with Crippen LogP contribution >= 0.6 is 11.3 Å². The monoisotopic (exact) mass is 481 g/mol. The van der Waals surface area contributed by atoms with E-state index in [1.54, 1.807) is 29.3 Å². The van der Waals surface area contributed by atoms with Gasteiger partial charge in [0.1, 0.15) is 10.6 Å². The number of benzene rings is 1. The van der Waals surface area contributed by atoms with E-state index in [0.717, 1.165) is 60.2 Å². The van der Waals surface area contributed by atoms with Gasteiger partial charge in [0.15, 0.2) is 0 Å². The maximum Gasteiger partial charge on any atom is 0.262 e. The zero-order valence-corrected chi connectivity index (χ0v) is 20.4. The number of ether oxygens (including phenoxy) is 2. The van der Waals surface area contributed by atoms with Crippen LogP contribution in [0, 0.1) is 0 Å². The van der Waals surface area contributed by atoms with Crippen LogP contribution in [0.15, 0.2) is 35.4 Å². The summed E-state index contributed by atoms with van der Waals surface area (Å²) in [6, 6.07) is 7.77. The highest BCUT2D eigenvalue weighted by Gasteiger charge is 2.24. The molecule has 1 aromatic carbocycles. The van der Waals surface area contributed by atoms with E-state index in [1.165, 1.54) is 16.9 Å². The molecule has 1 amide bonds. The van der Waals surface area contributed by atoms with Crippen molar-refractivity contribution >= 4 is 27.5 Å². The molecule has 2 aromatic heterocycles. The minimum absolute atomic E-state index is 0.000695. The van der Waals surface area contributed by atoms with E-state index in [4.69, 9.17) is 9.47 Å². The van der Waals surface area contributed by atoms with E-state index in [0.29, 0.717) is 19.6 Å². The molecule has 2 aliphatic rings. The highest BCUT2D eigenvalue weighted by molar-refractivity contribution is 7.18. The second-order valence-corrected chi connectivity index (χ2v) is 10.2. The Morgan fingerprint density at radius 3 is 2.94 bits per heavy atom. The van der Waals surface area contributed by atoms with Gasteiger partial charge in [-0.2, -0.15) is 0 Å². The van der Waals surface area contributed by atoms with E-state index in [2.05, 4.69) is 4.98 Å². The van der Waals surface area contributed by atoms with Gasteiger partial charge in [-0.15, -0.1) is 11.3 Å². The van der Waals surface area contributed by atoms with Gasteiger partial charge in [0, 0.05) is 43.1 Å². The number of aryl methyl sites for hydroxylation is 3. The Hall–Kier alpha value is -2.71. The van der Waals surface area contributed by atoms with Gasteiger partial charge in [0.2, 0.25) is 5.91 Å². The molecule has 0 bridgehead atoms. The fourth-order valence-corrected chi connectivity index (χ4v) is 6.26. The lowest BCUT2D eigenvalue weighted by molar-refractivity contribution is -0.133. The number of aromatic nitrogens is 2. The molecule has 1 atom stereocenters. The van der Waals surface area contributed by atoms with Crippen molar-refractivity contribution in [2.75, 3.05) is 20.3 Å². The van der Waals surface area contributed by atoms with Crippen molar-refractivity contribution in [3.63, 3.8) is 0 Å². The van der Waals surface area contributed by atoms with Gasteiger partial charge in [-0.05, 0) is 50.2 Å². The fraction of sp³-hybridized carbons (Fsp3) is 0.500. The molecule has 3 aromatic rings. The highest BCUT2D eigenvalue weighted by Crippen LogP contribution is 2.33. The molecule has 1 saturated heterocycles. The predicted octanol–water partition coefficient (Wildman–Crippen LogP) is 3.94. The summed E-state index contributed by atoms with van der Waals surface area (Å²) in [6.45, 7) is 2.06. The highest BCUT2D eigenvalue weighted by atomic mass is 32.1. The van der Waals surface area contributed by atoms with Gasteiger partial charge < -0.3 is 14.4 Å². The molecule has 0 N–H and O–H groups in total. The first-order valence-corrected chi connectivity index (χ1v) is 13.0. The molecular weight excluding hydrogens is 450 g/mol. The number of para-hydroxylation sites is 1. The molecule has 0 saturated carbocycles. The fourth-order valence-electron chi connectivity index (χ4n) is 5.04. The number of hydrogen-bond donors (Lipinski definition) is 0. The van der Waals surface area contributed by atoms with Crippen molar-refractivity contribution < 1.29 is 14.3 Å². The van der Waals surface area contributed by atoms with Crippen molar-refractivity contribution in [1.82, 2.24) is 14.5 Å². The Bertz CT molecular complexity index is 1230. The number of thiophene rings is 1. The van der Waals surface area contributed by atoms with Crippen LogP contribution in [0.25, 0.3) is 10.2 Å². The third-order valence-corrected chi connectivity index (χ3v) is 8.06. The summed E-state index contributed by atoms with van der Waals surface area (Å²) >= 11 is 1.65. The largest absolute Gasteiger partial charge is 0.496 e. The van der Waals surface area contributed by atoms with Crippen molar-refractivity contribution in [2.45, 2.75) is 64.1 Å². The van der Waals surface area contributed by atoms with Crippen molar-refractivity contribution in [1.29, 1.82) is 0 Å². The lowest BCUT2D eigenvalue weighted by Crippen LogP contribution is -2.38. The quantitative estimate of drug-likeness (QED) is 0.487. The van der Waals surface area contributed by atoms with Gasteiger partial charge in [-0.3, -0.25) is 14.2 Å². The van der Waals surface area contributed by atoms with Crippen molar-refractivity contribution in [2.24, 2.45) is 0 Å². The van der Waals surface area contributed by atoms with Gasteiger partial charge in [0.25, 0.3) is 5.56 Å². The SMILES string of the molecule is COc1ccccc1CN(CC1CCCO1)C(=O)CCn1cnc2sc3c(c2c1=O)CCCC3. The van der Waals surface area contributed by atoms with Gasteiger partial charge in [-0.1, -0.05) is 18.2 Å². The minimum Gasteiger partial charge on any atom is -0.496 e. The average molecular weight is 482 g/mol. The molecule has 1 aliphatic carbocycles. The van der Waals surface area contributed by atoms with Crippen LogP contribution in [0.3, 0.4) is 0 Å². The number of methoxy groups -OCH3 is 1. The van der Waals surface area contributed by atoms with E-state index >= 15 is 0 Å². The molecular formula is C26H31N3O4S. The number of hydrogen-bond acceptors (Lipinski definition) is 6. The average Bonchev–Trinajstić information content (AvgIpc) is 3.51. The summed E-state index contributed by atoms with van der Waals surface area (Å²) < 4.78 is 12.9. The number of rotatable bonds is 8. The van der Waals surface area contributed by atoms with Gasteiger partial charge in [0.05, 0.1) is 24.9 Å². The van der Waals surface area contributed by atoms with Crippen LogP contribution in [0.2, 0.25) is 0 Å². The molecule has 3 heterocycles. The lowest BCUT2D eigenvalue weighted by Gasteiger charge is -2.26. The summed E-state index contributed by atoms with van der Waals surface area (Å²) in [5.74, 6) is 0.765. The smallest absolute Gasteiger partial charge is 0.262 e. The van der Waals surface area contributed by atoms with Crippen molar-refractivity contribution in [3.05, 3.63) is 57.0 Å². The molecule has 0 spiro atoms. The molecule has 1 unspecified atom stereocenters. The third-order valence-electron chi connectivity index (χ3n) is 6.86. The summed E-state index contributed by atoms with van der Waals surface area (Å²) in [5.41, 5.74) is 2.12. The number of nitrogens with zero attached hydrogens (tertiary/aromatic N) is 3. The number of carbonyl (C=O) groups is 1. The molecule has 1 aliphatic heterocycles. The molecule has 8 heteroatoms. The summed E-state index contributed by atoms with van der Waals surface area (Å²) in [6.07, 6.45) is 8.15.